The Balaban J connectivity index is 1.93. The lowest BCUT2D eigenvalue weighted by Crippen LogP contribution is -2.23. The molecule has 2 aliphatic heterocycles. The molecule has 1 aromatic rings. The minimum atomic E-state index is 0.459. The zero-order valence-electron chi connectivity index (χ0n) is 11.4. The predicted octanol–water partition coefficient (Wildman–Crippen LogP) is 3.38. The van der Waals surface area contributed by atoms with Crippen molar-refractivity contribution in [3.63, 3.8) is 0 Å². The highest BCUT2D eigenvalue weighted by atomic mass is 32.2. The van der Waals surface area contributed by atoms with Gasteiger partial charge in [0.25, 0.3) is 0 Å². The number of hydrogen-bond acceptors (Lipinski definition) is 4. The van der Waals surface area contributed by atoms with Crippen molar-refractivity contribution in [3.05, 3.63) is 17.7 Å². The standard InChI is InChI=1S/C15H21NO2S/c1-2-5-16-12-4-3-8-19-15-10-14-13(9-11(12)15)17-6-7-18-14/h9-10,12,16H,2-8H2,1H3. The maximum absolute atomic E-state index is 5.72. The van der Waals surface area contributed by atoms with Crippen molar-refractivity contribution in [3.8, 4) is 11.5 Å². The summed E-state index contributed by atoms with van der Waals surface area (Å²) < 4.78 is 11.4. The van der Waals surface area contributed by atoms with Crippen LogP contribution in [0, 0.1) is 0 Å². The van der Waals surface area contributed by atoms with E-state index in [-0.39, 0.29) is 0 Å². The van der Waals surface area contributed by atoms with Crippen LogP contribution in [0.2, 0.25) is 0 Å². The molecule has 0 fully saturated rings. The first-order chi connectivity index (χ1) is 9.38. The van der Waals surface area contributed by atoms with Gasteiger partial charge in [-0.3, -0.25) is 0 Å². The van der Waals surface area contributed by atoms with Crippen molar-refractivity contribution in [2.24, 2.45) is 0 Å². The third-order valence-corrected chi connectivity index (χ3v) is 4.74. The van der Waals surface area contributed by atoms with Gasteiger partial charge in [-0.25, -0.2) is 0 Å². The summed E-state index contributed by atoms with van der Waals surface area (Å²) in [6.07, 6.45) is 3.64. The minimum Gasteiger partial charge on any atom is -0.486 e. The number of thioether (sulfide) groups is 1. The van der Waals surface area contributed by atoms with Crippen molar-refractivity contribution in [2.75, 3.05) is 25.5 Å². The molecule has 4 heteroatoms. The van der Waals surface area contributed by atoms with Gasteiger partial charge in [0.05, 0.1) is 0 Å². The predicted molar refractivity (Wildman–Crippen MR) is 78.4 cm³/mol. The van der Waals surface area contributed by atoms with Crippen molar-refractivity contribution in [1.29, 1.82) is 0 Å². The highest BCUT2D eigenvalue weighted by Gasteiger charge is 2.23. The van der Waals surface area contributed by atoms with Crippen LogP contribution in [-0.4, -0.2) is 25.5 Å². The molecule has 2 heterocycles. The lowest BCUT2D eigenvalue weighted by atomic mass is 10.0. The molecule has 3 nitrogen and oxygen atoms in total. The molecule has 3 rings (SSSR count). The van der Waals surface area contributed by atoms with E-state index in [9.17, 15) is 0 Å². The minimum absolute atomic E-state index is 0.459. The summed E-state index contributed by atoms with van der Waals surface area (Å²) >= 11 is 1.94. The summed E-state index contributed by atoms with van der Waals surface area (Å²) in [5.41, 5.74) is 1.39. The van der Waals surface area contributed by atoms with Crippen molar-refractivity contribution in [1.82, 2.24) is 5.32 Å². The highest BCUT2D eigenvalue weighted by Crippen LogP contribution is 2.42. The van der Waals surface area contributed by atoms with Crippen LogP contribution in [0.5, 0.6) is 11.5 Å². The number of hydrogen-bond donors (Lipinski definition) is 1. The average Bonchev–Trinajstić information content (AvgIpc) is 2.64. The Morgan fingerprint density at radius 3 is 2.84 bits per heavy atom. The van der Waals surface area contributed by atoms with E-state index in [1.165, 1.54) is 35.5 Å². The Labute approximate surface area is 119 Å². The second-order valence-corrected chi connectivity index (χ2v) is 6.17. The van der Waals surface area contributed by atoms with Gasteiger partial charge in [0.15, 0.2) is 11.5 Å². The van der Waals surface area contributed by atoms with E-state index in [0.717, 1.165) is 18.0 Å². The molecule has 0 radical (unpaired) electrons. The van der Waals surface area contributed by atoms with E-state index in [1.807, 2.05) is 11.8 Å². The summed E-state index contributed by atoms with van der Waals surface area (Å²) in [4.78, 5) is 1.36. The maximum Gasteiger partial charge on any atom is 0.162 e. The highest BCUT2D eigenvalue weighted by molar-refractivity contribution is 7.99. The van der Waals surface area contributed by atoms with Gasteiger partial charge in [-0.2, -0.15) is 0 Å². The molecule has 1 atom stereocenters. The lowest BCUT2D eigenvalue weighted by Gasteiger charge is -2.23. The van der Waals surface area contributed by atoms with Crippen LogP contribution < -0.4 is 14.8 Å². The Bertz CT molecular complexity index is 450. The van der Waals surface area contributed by atoms with E-state index < -0.39 is 0 Å². The fourth-order valence-corrected chi connectivity index (χ4v) is 3.73. The van der Waals surface area contributed by atoms with E-state index in [4.69, 9.17) is 9.47 Å². The van der Waals surface area contributed by atoms with E-state index in [1.54, 1.807) is 0 Å². The molecule has 19 heavy (non-hydrogen) atoms. The second kappa shape index (κ2) is 6.06. The number of nitrogens with one attached hydrogen (secondary N) is 1. The van der Waals surface area contributed by atoms with Gasteiger partial charge in [0.2, 0.25) is 0 Å². The van der Waals surface area contributed by atoms with Gasteiger partial charge >= 0.3 is 0 Å². The largest absolute Gasteiger partial charge is 0.486 e. The van der Waals surface area contributed by atoms with Crippen LogP contribution in [0.1, 0.15) is 37.8 Å². The van der Waals surface area contributed by atoms with Crippen LogP contribution in [0.3, 0.4) is 0 Å². The van der Waals surface area contributed by atoms with Gasteiger partial charge in [0, 0.05) is 10.9 Å². The normalized spacial score (nSPS) is 21.6. The van der Waals surface area contributed by atoms with Crippen LogP contribution in [0.25, 0.3) is 0 Å². The van der Waals surface area contributed by atoms with Crippen molar-refractivity contribution >= 4 is 11.8 Å². The molecule has 0 aliphatic carbocycles. The molecule has 104 valence electrons. The molecular weight excluding hydrogens is 258 g/mol. The maximum atomic E-state index is 5.72. The van der Waals surface area contributed by atoms with Gasteiger partial charge in [0.1, 0.15) is 13.2 Å². The quantitative estimate of drug-likeness (QED) is 0.919. The summed E-state index contributed by atoms with van der Waals surface area (Å²) in [7, 11) is 0. The third kappa shape index (κ3) is 2.84. The van der Waals surface area contributed by atoms with Crippen LogP contribution in [0.4, 0.5) is 0 Å². The molecule has 2 aliphatic rings. The molecule has 1 aromatic carbocycles. The van der Waals surface area contributed by atoms with E-state index >= 15 is 0 Å². The Morgan fingerprint density at radius 2 is 2.05 bits per heavy atom. The van der Waals surface area contributed by atoms with Gasteiger partial charge < -0.3 is 14.8 Å². The Morgan fingerprint density at radius 1 is 1.26 bits per heavy atom. The molecule has 0 saturated heterocycles. The molecule has 0 bridgehead atoms. The zero-order valence-corrected chi connectivity index (χ0v) is 12.2. The molecular formula is C15H21NO2S. The summed E-state index contributed by atoms with van der Waals surface area (Å²) in [6.45, 7) is 4.60. The lowest BCUT2D eigenvalue weighted by molar-refractivity contribution is 0.170. The molecule has 0 spiro atoms. The topological polar surface area (TPSA) is 30.5 Å². The number of ether oxygens (including phenoxy) is 2. The first-order valence-corrected chi connectivity index (χ1v) is 8.16. The first-order valence-electron chi connectivity index (χ1n) is 7.18. The average molecular weight is 279 g/mol. The monoisotopic (exact) mass is 279 g/mol. The van der Waals surface area contributed by atoms with Crippen molar-refractivity contribution < 1.29 is 9.47 Å². The van der Waals surface area contributed by atoms with Gasteiger partial charge in [-0.1, -0.05) is 6.92 Å². The van der Waals surface area contributed by atoms with Crippen LogP contribution >= 0.6 is 11.8 Å². The second-order valence-electron chi connectivity index (χ2n) is 5.03. The van der Waals surface area contributed by atoms with Crippen LogP contribution in [0.15, 0.2) is 17.0 Å². The zero-order chi connectivity index (χ0) is 13.1. The molecule has 1 unspecified atom stereocenters. The molecule has 0 aromatic heterocycles. The summed E-state index contributed by atoms with van der Waals surface area (Å²) in [6, 6.07) is 4.82. The van der Waals surface area contributed by atoms with Crippen molar-refractivity contribution in [2.45, 2.75) is 37.1 Å². The number of fused-ring (bicyclic) bond motifs is 2. The Kier molecular flexibility index (Phi) is 4.18. The first kappa shape index (κ1) is 13.1. The van der Waals surface area contributed by atoms with Gasteiger partial charge in [-0.05, 0) is 49.3 Å². The molecule has 1 N–H and O–H groups in total. The van der Waals surface area contributed by atoms with E-state index in [0.29, 0.717) is 19.3 Å². The molecule has 0 saturated carbocycles. The van der Waals surface area contributed by atoms with Gasteiger partial charge in [-0.15, -0.1) is 11.8 Å². The summed E-state index contributed by atoms with van der Waals surface area (Å²) in [5.74, 6) is 3.01. The molecule has 0 amide bonds. The van der Waals surface area contributed by atoms with E-state index in [2.05, 4.69) is 24.4 Å². The van der Waals surface area contributed by atoms with Crippen LogP contribution in [-0.2, 0) is 0 Å². The summed E-state index contributed by atoms with van der Waals surface area (Å²) in [5, 5.41) is 3.66. The SMILES string of the molecule is CCCNC1CCCSc2cc3c(cc21)OCCO3. The Hall–Kier alpha value is -0.870. The fraction of sp³-hybridized carbons (Fsp3) is 0.600. The number of benzene rings is 1. The fourth-order valence-electron chi connectivity index (χ4n) is 2.64. The number of rotatable bonds is 3. The smallest absolute Gasteiger partial charge is 0.162 e. The third-order valence-electron chi connectivity index (χ3n) is 3.59.